The van der Waals surface area contributed by atoms with Gasteiger partial charge >= 0.3 is 7.60 Å². The highest BCUT2D eigenvalue weighted by Crippen LogP contribution is 2.55. The van der Waals surface area contributed by atoms with E-state index in [1.54, 1.807) is 0 Å². The van der Waals surface area contributed by atoms with Gasteiger partial charge in [0, 0.05) is 18.6 Å². The molecular weight excluding hydrogens is 491 g/mol. The number of benzene rings is 2. The molecule has 2 aromatic carbocycles. The molecule has 0 amide bonds. The summed E-state index contributed by atoms with van der Waals surface area (Å²) in [5.74, 6) is 0.685. The van der Waals surface area contributed by atoms with Gasteiger partial charge in [0.1, 0.15) is 11.5 Å². The van der Waals surface area contributed by atoms with Crippen LogP contribution in [-0.2, 0) is 20.7 Å². The zero-order chi connectivity index (χ0) is 27.9. The number of aromatic hydroxyl groups is 1. The molecule has 0 aliphatic heterocycles. The minimum atomic E-state index is -3.56. The fraction of sp³-hybridized carbons (Fsp3) is 0.515. The summed E-state index contributed by atoms with van der Waals surface area (Å²) in [4.78, 5) is 0. The van der Waals surface area contributed by atoms with Crippen LogP contribution in [0.4, 0.5) is 0 Å². The summed E-state index contributed by atoms with van der Waals surface area (Å²) in [6.45, 7) is 15.1. The summed E-state index contributed by atoms with van der Waals surface area (Å²) < 4.78 is 25.9. The predicted octanol–water partition coefficient (Wildman–Crippen LogP) is 10.1. The summed E-state index contributed by atoms with van der Waals surface area (Å²) in [5.41, 5.74) is 4.71. The van der Waals surface area contributed by atoms with Crippen molar-refractivity contribution >= 4 is 7.60 Å². The average molecular weight is 539 g/mol. The maximum absolute atomic E-state index is 14.0. The van der Waals surface area contributed by atoms with E-state index in [2.05, 4.69) is 40.3 Å². The largest absolute Gasteiger partial charge is 0.507 e. The summed E-state index contributed by atoms with van der Waals surface area (Å²) in [7, 11) is -2.12. The summed E-state index contributed by atoms with van der Waals surface area (Å²) in [5, 5.41) is 11.6. The van der Waals surface area contributed by atoms with Gasteiger partial charge in [-0.15, -0.1) is 0 Å². The van der Waals surface area contributed by atoms with Gasteiger partial charge in [0.2, 0.25) is 0 Å². The second kappa shape index (κ2) is 13.2. The third kappa shape index (κ3) is 7.64. The maximum Gasteiger partial charge on any atom is 0.383 e. The predicted molar refractivity (Wildman–Crippen MR) is 159 cm³/mol. The number of rotatable bonds is 13. The zero-order valence-corrected chi connectivity index (χ0v) is 25.2. The van der Waals surface area contributed by atoms with Crippen molar-refractivity contribution in [2.75, 3.05) is 7.11 Å². The molecule has 0 radical (unpaired) electrons. The van der Waals surface area contributed by atoms with Gasteiger partial charge in [-0.25, -0.2) is 4.57 Å². The van der Waals surface area contributed by atoms with Crippen molar-refractivity contribution in [1.82, 2.24) is 0 Å². The van der Waals surface area contributed by atoms with Crippen LogP contribution in [0.3, 0.4) is 0 Å². The zero-order valence-electron chi connectivity index (χ0n) is 24.3. The number of phenolic OH excluding ortho intramolecular Hbond substituents is 1. The first-order chi connectivity index (χ1) is 18.0. The van der Waals surface area contributed by atoms with Gasteiger partial charge in [-0.2, -0.15) is 0 Å². The summed E-state index contributed by atoms with van der Waals surface area (Å²) >= 11 is 0. The number of allylic oxidation sites excluding steroid dienone is 3. The van der Waals surface area contributed by atoms with Crippen LogP contribution in [0.15, 0.2) is 66.3 Å². The normalized spacial score (nSPS) is 19.5. The van der Waals surface area contributed by atoms with Gasteiger partial charge in [0.15, 0.2) is 0 Å². The molecular formula is C33H47O4P. The quantitative estimate of drug-likeness (QED) is 0.157. The molecule has 2 aromatic rings. The molecule has 0 aromatic heterocycles. The molecule has 0 heterocycles. The first kappa shape index (κ1) is 30.3. The highest BCUT2D eigenvalue weighted by atomic mass is 31.2. The van der Waals surface area contributed by atoms with Crippen LogP contribution < -0.4 is 4.52 Å². The Labute approximate surface area is 230 Å². The molecule has 4 nitrogen and oxygen atoms in total. The lowest BCUT2D eigenvalue weighted by atomic mass is 9.72. The van der Waals surface area contributed by atoms with Crippen molar-refractivity contribution in [3.8, 4) is 11.5 Å². The van der Waals surface area contributed by atoms with E-state index in [0.717, 1.165) is 42.4 Å². The van der Waals surface area contributed by atoms with E-state index < -0.39 is 7.60 Å². The molecule has 3 rings (SSSR count). The molecule has 0 saturated carbocycles. The Morgan fingerprint density at radius 3 is 2.50 bits per heavy atom. The Balaban J connectivity index is 2.11. The van der Waals surface area contributed by atoms with Crippen LogP contribution in [0.25, 0.3) is 0 Å². The fourth-order valence-corrected chi connectivity index (χ4v) is 6.93. The number of phenols is 1. The minimum Gasteiger partial charge on any atom is -0.507 e. The van der Waals surface area contributed by atoms with Crippen molar-refractivity contribution < 1.29 is 18.7 Å². The lowest BCUT2D eigenvalue weighted by molar-refractivity contribution is 0.316. The molecule has 1 aliphatic carbocycles. The number of unbranched alkanes of at least 4 members (excludes halogenated alkanes) is 3. The van der Waals surface area contributed by atoms with Crippen LogP contribution in [0.5, 0.6) is 11.5 Å². The first-order valence-corrected chi connectivity index (χ1v) is 15.8. The Bertz CT molecular complexity index is 1170. The van der Waals surface area contributed by atoms with Crippen molar-refractivity contribution in [2.24, 2.45) is 5.92 Å². The molecule has 3 unspecified atom stereocenters. The fourth-order valence-electron chi connectivity index (χ4n) is 5.55. The third-order valence-corrected chi connectivity index (χ3v) is 9.79. The minimum absolute atomic E-state index is 0.111. The Morgan fingerprint density at radius 2 is 1.87 bits per heavy atom. The van der Waals surface area contributed by atoms with Crippen molar-refractivity contribution in [3.05, 3.63) is 83.0 Å². The van der Waals surface area contributed by atoms with E-state index in [0.29, 0.717) is 11.3 Å². The molecule has 1 aliphatic rings. The number of hydrogen-bond donors (Lipinski definition) is 1. The van der Waals surface area contributed by atoms with E-state index in [9.17, 15) is 9.67 Å². The monoisotopic (exact) mass is 538 g/mol. The second-order valence-corrected chi connectivity index (χ2v) is 13.7. The topological polar surface area (TPSA) is 55.8 Å². The molecule has 38 heavy (non-hydrogen) atoms. The van der Waals surface area contributed by atoms with E-state index in [-0.39, 0.29) is 29.2 Å². The lowest BCUT2D eigenvalue weighted by Gasteiger charge is -2.34. The van der Waals surface area contributed by atoms with Crippen LogP contribution in [0.1, 0.15) is 102 Å². The van der Waals surface area contributed by atoms with Crippen LogP contribution in [0, 0.1) is 5.92 Å². The molecule has 208 valence electrons. The van der Waals surface area contributed by atoms with Crippen molar-refractivity contribution in [2.45, 2.75) is 97.1 Å². The Hall–Kier alpha value is -2.29. The van der Waals surface area contributed by atoms with Gasteiger partial charge in [-0.05, 0) is 67.7 Å². The van der Waals surface area contributed by atoms with Gasteiger partial charge in [0.05, 0.1) is 6.16 Å². The van der Waals surface area contributed by atoms with Gasteiger partial charge in [-0.1, -0.05) is 101 Å². The van der Waals surface area contributed by atoms with Crippen molar-refractivity contribution in [1.29, 1.82) is 0 Å². The third-order valence-electron chi connectivity index (χ3n) is 8.01. The second-order valence-electron chi connectivity index (χ2n) is 11.7. The van der Waals surface area contributed by atoms with Gasteiger partial charge in [-0.3, -0.25) is 0 Å². The first-order valence-electron chi connectivity index (χ1n) is 14.1. The molecule has 0 fully saturated rings. The van der Waals surface area contributed by atoms with Crippen LogP contribution >= 0.6 is 7.60 Å². The highest BCUT2D eigenvalue weighted by molar-refractivity contribution is 7.53. The van der Waals surface area contributed by atoms with Gasteiger partial charge < -0.3 is 14.2 Å². The number of hydrogen-bond acceptors (Lipinski definition) is 4. The molecule has 1 N–H and O–H groups in total. The molecule has 3 atom stereocenters. The van der Waals surface area contributed by atoms with Crippen LogP contribution in [-0.4, -0.2) is 12.2 Å². The molecule has 0 spiro atoms. The van der Waals surface area contributed by atoms with E-state index >= 15 is 0 Å². The summed E-state index contributed by atoms with van der Waals surface area (Å²) in [6, 6.07) is 13.5. The standard InChI is InChI=1S/C33H47O4P/c1-8-9-10-14-19-33(5,6)27-21-30(34)32(29-20-25(4)17-18-28(29)24(2)3)31(22-27)37-38(35,36-7)23-26-15-12-11-13-16-26/h11-13,15-16,20-22,28-29,34H,2,8-10,14,17-19,23H2,1,3-7H3. The molecule has 5 heteroatoms. The van der Waals surface area contributed by atoms with Gasteiger partial charge in [0.25, 0.3) is 0 Å². The highest BCUT2D eigenvalue weighted by Gasteiger charge is 2.35. The smallest absolute Gasteiger partial charge is 0.383 e. The lowest BCUT2D eigenvalue weighted by Crippen LogP contribution is -2.20. The van der Waals surface area contributed by atoms with E-state index in [1.807, 2.05) is 49.4 Å². The average Bonchev–Trinajstić information content (AvgIpc) is 2.86. The van der Waals surface area contributed by atoms with Crippen molar-refractivity contribution in [3.63, 3.8) is 0 Å². The molecule has 0 saturated heterocycles. The maximum atomic E-state index is 14.0. The SMILES string of the molecule is C=C(C)C1CCC(C)=CC1c1c(O)cc(C(C)(C)CCCCCC)cc1OP(=O)(Cc1ccccc1)OC. The Kier molecular flexibility index (Phi) is 10.5. The summed E-state index contributed by atoms with van der Waals surface area (Å²) in [6.07, 6.45) is 10.0. The Morgan fingerprint density at radius 1 is 1.16 bits per heavy atom. The van der Waals surface area contributed by atoms with Crippen LogP contribution in [0.2, 0.25) is 0 Å². The van der Waals surface area contributed by atoms with E-state index in [1.165, 1.54) is 31.9 Å². The van der Waals surface area contributed by atoms with E-state index in [4.69, 9.17) is 9.05 Å². The molecule has 0 bridgehead atoms.